The molecular formula is C15H20N2O3S. The number of sulfonamides is 1. The van der Waals surface area contributed by atoms with E-state index in [1.165, 1.54) is 5.56 Å². The van der Waals surface area contributed by atoms with Gasteiger partial charge >= 0.3 is 0 Å². The van der Waals surface area contributed by atoms with Gasteiger partial charge < -0.3 is 4.52 Å². The molecule has 0 bridgehead atoms. The minimum Gasteiger partial charge on any atom is -0.361 e. The lowest BCUT2D eigenvalue weighted by Gasteiger charge is -2.12. The highest BCUT2D eigenvalue weighted by Gasteiger charge is 2.15. The molecule has 1 aromatic heterocycles. The Balaban J connectivity index is 1.82. The third kappa shape index (κ3) is 4.99. The van der Waals surface area contributed by atoms with Gasteiger partial charge in [-0.25, -0.2) is 13.1 Å². The van der Waals surface area contributed by atoms with Gasteiger partial charge in [-0.05, 0) is 24.8 Å². The smallest absolute Gasteiger partial charge is 0.217 e. The van der Waals surface area contributed by atoms with Crippen molar-refractivity contribution in [3.8, 4) is 0 Å². The predicted molar refractivity (Wildman–Crippen MR) is 81.3 cm³/mol. The first-order valence-corrected chi connectivity index (χ1v) is 8.56. The number of nitrogens with one attached hydrogen (secondary N) is 1. The van der Waals surface area contributed by atoms with Crippen molar-refractivity contribution in [3.05, 3.63) is 53.4 Å². The molecule has 0 fully saturated rings. The van der Waals surface area contributed by atoms with Crippen LogP contribution < -0.4 is 4.72 Å². The number of rotatable bonds is 7. The van der Waals surface area contributed by atoms with E-state index in [1.54, 1.807) is 13.0 Å². The first-order chi connectivity index (χ1) is 9.96. The Hall–Kier alpha value is -1.66. The van der Waals surface area contributed by atoms with Gasteiger partial charge in [-0.15, -0.1) is 0 Å². The lowest BCUT2D eigenvalue weighted by atomic mass is 9.98. The monoisotopic (exact) mass is 308 g/mol. The van der Waals surface area contributed by atoms with Crippen LogP contribution in [0.4, 0.5) is 0 Å². The van der Waals surface area contributed by atoms with Gasteiger partial charge in [0, 0.05) is 12.6 Å². The van der Waals surface area contributed by atoms with Crippen LogP contribution >= 0.6 is 0 Å². The molecule has 0 aliphatic carbocycles. The lowest BCUT2D eigenvalue weighted by molar-refractivity contribution is 0.392. The Bertz CT molecular complexity index is 665. The largest absolute Gasteiger partial charge is 0.361 e. The maximum Gasteiger partial charge on any atom is 0.217 e. The standard InChI is InChI=1S/C15H20N2O3S/c1-12(14-6-4-3-5-7-14)8-9-16-21(18,19)11-15-10-13(2)20-17-15/h3-7,10,12,16H,8-9,11H2,1-2H3/t12-/m0/s1. The highest BCUT2D eigenvalue weighted by Crippen LogP contribution is 2.17. The van der Waals surface area contributed by atoms with E-state index >= 15 is 0 Å². The van der Waals surface area contributed by atoms with Gasteiger partial charge in [0.1, 0.15) is 17.2 Å². The minimum atomic E-state index is -3.37. The van der Waals surface area contributed by atoms with E-state index < -0.39 is 10.0 Å². The second kappa shape index (κ2) is 6.87. The summed E-state index contributed by atoms with van der Waals surface area (Å²) >= 11 is 0. The molecule has 0 saturated carbocycles. The van der Waals surface area contributed by atoms with E-state index in [0.717, 1.165) is 6.42 Å². The topological polar surface area (TPSA) is 72.2 Å². The average Bonchev–Trinajstić information content (AvgIpc) is 2.84. The van der Waals surface area contributed by atoms with Crippen LogP contribution in [0.25, 0.3) is 0 Å². The molecule has 1 aromatic carbocycles. The van der Waals surface area contributed by atoms with Crippen LogP contribution in [-0.4, -0.2) is 20.1 Å². The molecule has 0 aliphatic rings. The maximum absolute atomic E-state index is 11.9. The molecule has 21 heavy (non-hydrogen) atoms. The zero-order valence-electron chi connectivity index (χ0n) is 12.2. The molecule has 1 N–H and O–H groups in total. The molecule has 114 valence electrons. The predicted octanol–water partition coefficient (Wildman–Crippen LogP) is 2.60. The molecule has 0 aliphatic heterocycles. The lowest BCUT2D eigenvalue weighted by Crippen LogP contribution is -2.27. The molecule has 2 rings (SSSR count). The summed E-state index contributed by atoms with van der Waals surface area (Å²) in [5, 5.41) is 3.70. The summed E-state index contributed by atoms with van der Waals surface area (Å²) in [5.41, 5.74) is 1.64. The Morgan fingerprint density at radius 2 is 2.00 bits per heavy atom. The molecule has 1 heterocycles. The van der Waals surface area contributed by atoms with Crippen molar-refractivity contribution >= 4 is 10.0 Å². The van der Waals surface area contributed by atoms with Gasteiger partial charge in [0.2, 0.25) is 10.0 Å². The summed E-state index contributed by atoms with van der Waals surface area (Å²) in [6.07, 6.45) is 0.751. The number of nitrogens with zero attached hydrogens (tertiary/aromatic N) is 1. The zero-order chi connectivity index (χ0) is 15.3. The maximum atomic E-state index is 11.9. The van der Waals surface area contributed by atoms with Crippen LogP contribution in [0.15, 0.2) is 40.9 Å². The summed E-state index contributed by atoms with van der Waals surface area (Å²) in [6.45, 7) is 4.23. The molecule has 0 unspecified atom stereocenters. The third-order valence-corrected chi connectivity index (χ3v) is 4.60. The van der Waals surface area contributed by atoms with Crippen LogP contribution in [0, 0.1) is 6.92 Å². The van der Waals surface area contributed by atoms with Crippen LogP contribution in [0.5, 0.6) is 0 Å². The van der Waals surface area contributed by atoms with Crippen LogP contribution in [0.2, 0.25) is 0 Å². The minimum absolute atomic E-state index is 0.149. The summed E-state index contributed by atoms with van der Waals surface area (Å²) in [4.78, 5) is 0. The molecule has 2 aromatic rings. The Labute approximate surface area is 125 Å². The number of aromatic nitrogens is 1. The van der Waals surface area contributed by atoms with Gasteiger partial charge in [-0.3, -0.25) is 0 Å². The fraction of sp³-hybridized carbons (Fsp3) is 0.400. The molecule has 6 heteroatoms. The van der Waals surface area contributed by atoms with Crippen molar-refractivity contribution < 1.29 is 12.9 Å². The Kier molecular flexibility index (Phi) is 5.14. The second-order valence-corrected chi connectivity index (χ2v) is 6.99. The normalized spacial score (nSPS) is 13.2. The van der Waals surface area contributed by atoms with Crippen molar-refractivity contribution in [1.82, 2.24) is 9.88 Å². The molecule has 0 amide bonds. The summed E-state index contributed by atoms with van der Waals surface area (Å²) in [5.74, 6) is 0.769. The molecule has 1 atom stereocenters. The third-order valence-electron chi connectivity index (χ3n) is 3.28. The number of aryl methyl sites for hydroxylation is 1. The fourth-order valence-corrected chi connectivity index (χ4v) is 3.17. The van der Waals surface area contributed by atoms with Crippen LogP contribution in [0.3, 0.4) is 0 Å². The number of benzene rings is 1. The zero-order valence-corrected chi connectivity index (χ0v) is 13.1. The summed E-state index contributed by atoms with van der Waals surface area (Å²) in [7, 11) is -3.37. The first-order valence-electron chi connectivity index (χ1n) is 6.91. The van der Waals surface area contributed by atoms with Crippen molar-refractivity contribution in [2.45, 2.75) is 31.9 Å². The van der Waals surface area contributed by atoms with Gasteiger partial charge in [0.15, 0.2) is 0 Å². The Morgan fingerprint density at radius 3 is 2.62 bits per heavy atom. The van der Waals surface area contributed by atoms with Crippen LogP contribution in [-0.2, 0) is 15.8 Å². The first kappa shape index (κ1) is 15.7. The van der Waals surface area contributed by atoms with Crippen molar-refractivity contribution in [2.24, 2.45) is 0 Å². The molecule has 0 saturated heterocycles. The van der Waals surface area contributed by atoms with Crippen LogP contribution in [0.1, 0.15) is 36.3 Å². The van der Waals surface area contributed by atoms with E-state index in [2.05, 4.69) is 28.9 Å². The van der Waals surface area contributed by atoms with Gasteiger partial charge in [0.25, 0.3) is 0 Å². The van der Waals surface area contributed by atoms with Crippen molar-refractivity contribution in [3.63, 3.8) is 0 Å². The molecule has 0 radical (unpaired) electrons. The highest BCUT2D eigenvalue weighted by molar-refractivity contribution is 7.88. The Morgan fingerprint density at radius 1 is 1.29 bits per heavy atom. The van der Waals surface area contributed by atoms with E-state index in [4.69, 9.17) is 4.52 Å². The van der Waals surface area contributed by atoms with Gasteiger partial charge in [-0.1, -0.05) is 42.4 Å². The SMILES string of the molecule is Cc1cc(CS(=O)(=O)NCC[C@H](C)c2ccccc2)no1. The average molecular weight is 308 g/mol. The molecular weight excluding hydrogens is 288 g/mol. The van der Waals surface area contributed by atoms with Crippen molar-refractivity contribution in [2.75, 3.05) is 6.54 Å². The van der Waals surface area contributed by atoms with Gasteiger partial charge in [-0.2, -0.15) is 0 Å². The van der Waals surface area contributed by atoms with E-state index in [-0.39, 0.29) is 5.75 Å². The van der Waals surface area contributed by atoms with Crippen molar-refractivity contribution in [1.29, 1.82) is 0 Å². The van der Waals surface area contributed by atoms with E-state index in [0.29, 0.717) is 23.9 Å². The summed E-state index contributed by atoms with van der Waals surface area (Å²) < 4.78 is 31.3. The fourth-order valence-electron chi connectivity index (χ4n) is 2.11. The number of hydrogen-bond donors (Lipinski definition) is 1. The summed E-state index contributed by atoms with van der Waals surface area (Å²) in [6, 6.07) is 11.7. The highest BCUT2D eigenvalue weighted by atomic mass is 32.2. The van der Waals surface area contributed by atoms with E-state index in [9.17, 15) is 8.42 Å². The molecule has 5 nitrogen and oxygen atoms in total. The second-order valence-electron chi connectivity index (χ2n) is 5.18. The number of hydrogen-bond acceptors (Lipinski definition) is 4. The van der Waals surface area contributed by atoms with Gasteiger partial charge in [0.05, 0.1) is 0 Å². The quantitative estimate of drug-likeness (QED) is 0.853. The van der Waals surface area contributed by atoms with E-state index in [1.807, 2.05) is 18.2 Å². The molecule has 0 spiro atoms.